The molecule has 0 N–H and O–H groups in total. The fourth-order valence-electron chi connectivity index (χ4n) is 3.29. The Bertz CT molecular complexity index is 730. The molecule has 0 unspecified atom stereocenters. The molecule has 1 aromatic carbocycles. The Hall–Kier alpha value is -1.53. The molecule has 0 bridgehead atoms. The lowest BCUT2D eigenvalue weighted by Crippen LogP contribution is -2.41. The highest BCUT2D eigenvalue weighted by molar-refractivity contribution is 6.45. The number of hydrogen-bond acceptors (Lipinski definition) is 5. The number of ether oxygens (including phenoxy) is 2. The van der Waals surface area contributed by atoms with Crippen LogP contribution < -0.4 is 4.74 Å². The van der Waals surface area contributed by atoms with Crippen LogP contribution in [0.15, 0.2) is 6.07 Å². The summed E-state index contributed by atoms with van der Waals surface area (Å²) in [4.78, 5) is 12.0. The number of benzene rings is 1. The Kier molecular flexibility index (Phi) is 6.27. The molecule has 0 spiro atoms. The summed E-state index contributed by atoms with van der Waals surface area (Å²) >= 11 is 0. The first-order valence-electron chi connectivity index (χ1n) is 9.93. The van der Waals surface area contributed by atoms with Crippen LogP contribution in [0.25, 0.3) is 0 Å². The van der Waals surface area contributed by atoms with Gasteiger partial charge < -0.3 is 18.8 Å². The SMILES string of the molecule is Cc1cc(OCC(=O)OC(C)(C)C)c(C)c(C)c1CB1OC(C)(C)C(C)(C)O1. The molecule has 0 aromatic heterocycles. The molecule has 1 saturated heterocycles. The van der Waals surface area contributed by atoms with Gasteiger partial charge in [0.25, 0.3) is 0 Å². The van der Waals surface area contributed by atoms with Crippen molar-refractivity contribution in [3.05, 3.63) is 28.3 Å². The van der Waals surface area contributed by atoms with Crippen LogP contribution in [0.2, 0.25) is 0 Å². The molecule has 1 heterocycles. The fraction of sp³-hybridized carbons (Fsp3) is 0.682. The van der Waals surface area contributed by atoms with Gasteiger partial charge in [0.2, 0.25) is 0 Å². The average molecular weight is 390 g/mol. The van der Waals surface area contributed by atoms with Crippen LogP contribution in [0.3, 0.4) is 0 Å². The van der Waals surface area contributed by atoms with Gasteiger partial charge in [-0.1, -0.05) is 0 Å². The van der Waals surface area contributed by atoms with E-state index >= 15 is 0 Å². The second-order valence-electron chi connectivity index (χ2n) is 9.69. The first kappa shape index (κ1) is 22.8. The second kappa shape index (κ2) is 7.71. The predicted octanol–water partition coefficient (Wildman–Crippen LogP) is 4.51. The number of hydrogen-bond donors (Lipinski definition) is 0. The van der Waals surface area contributed by atoms with Gasteiger partial charge in [-0.3, -0.25) is 0 Å². The zero-order chi connectivity index (χ0) is 21.5. The highest BCUT2D eigenvalue weighted by Gasteiger charge is 2.51. The van der Waals surface area contributed by atoms with Gasteiger partial charge in [0.05, 0.1) is 11.2 Å². The molecular weight excluding hydrogens is 355 g/mol. The van der Waals surface area contributed by atoms with Crippen molar-refractivity contribution in [2.24, 2.45) is 0 Å². The molecule has 5 nitrogen and oxygen atoms in total. The monoisotopic (exact) mass is 390 g/mol. The first-order valence-corrected chi connectivity index (χ1v) is 9.93. The molecule has 6 heteroatoms. The maximum Gasteiger partial charge on any atom is 0.462 e. The van der Waals surface area contributed by atoms with Crippen molar-refractivity contribution in [2.45, 2.75) is 92.4 Å². The zero-order valence-electron chi connectivity index (χ0n) is 19.1. The lowest BCUT2D eigenvalue weighted by Gasteiger charge is -2.32. The Morgan fingerprint density at radius 1 is 1.04 bits per heavy atom. The summed E-state index contributed by atoms with van der Waals surface area (Å²) in [6, 6.07) is 1.98. The normalized spacial score (nSPS) is 18.3. The van der Waals surface area contributed by atoms with Crippen LogP contribution >= 0.6 is 0 Å². The van der Waals surface area contributed by atoms with Crippen LogP contribution in [-0.4, -0.2) is 36.5 Å². The Labute approximate surface area is 170 Å². The summed E-state index contributed by atoms with van der Waals surface area (Å²) in [7, 11) is -0.282. The molecule has 0 atom stereocenters. The van der Waals surface area contributed by atoms with Crippen molar-refractivity contribution in [3.8, 4) is 5.75 Å². The third-order valence-corrected chi connectivity index (χ3v) is 5.65. The van der Waals surface area contributed by atoms with E-state index < -0.39 is 5.60 Å². The van der Waals surface area contributed by atoms with E-state index in [1.807, 2.05) is 40.7 Å². The molecule has 1 fully saturated rings. The van der Waals surface area contributed by atoms with Gasteiger partial charge in [-0.25, -0.2) is 4.79 Å². The van der Waals surface area contributed by atoms with Gasteiger partial charge in [-0.05, 0) is 97.6 Å². The fourth-order valence-corrected chi connectivity index (χ4v) is 3.29. The first-order chi connectivity index (χ1) is 12.6. The van der Waals surface area contributed by atoms with Gasteiger partial charge in [-0.15, -0.1) is 0 Å². The van der Waals surface area contributed by atoms with Gasteiger partial charge in [0.1, 0.15) is 11.4 Å². The largest absolute Gasteiger partial charge is 0.482 e. The van der Waals surface area contributed by atoms with Gasteiger partial charge in [0, 0.05) is 6.32 Å². The van der Waals surface area contributed by atoms with Gasteiger partial charge in [0.15, 0.2) is 6.61 Å². The van der Waals surface area contributed by atoms with E-state index in [0.29, 0.717) is 12.1 Å². The van der Waals surface area contributed by atoms with Crippen molar-refractivity contribution in [3.63, 3.8) is 0 Å². The topological polar surface area (TPSA) is 54.0 Å². The molecule has 1 aliphatic rings. The second-order valence-corrected chi connectivity index (χ2v) is 9.69. The molecule has 0 aliphatic carbocycles. The van der Waals surface area contributed by atoms with Crippen LogP contribution in [0, 0.1) is 20.8 Å². The lowest BCUT2D eigenvalue weighted by molar-refractivity contribution is -0.157. The molecule has 2 rings (SSSR count). The van der Waals surface area contributed by atoms with Crippen LogP contribution in [-0.2, 0) is 25.2 Å². The molecule has 28 heavy (non-hydrogen) atoms. The van der Waals surface area contributed by atoms with E-state index in [2.05, 4.69) is 34.6 Å². The minimum atomic E-state index is -0.520. The van der Waals surface area contributed by atoms with E-state index in [1.165, 1.54) is 5.56 Å². The third-order valence-electron chi connectivity index (χ3n) is 5.65. The number of esters is 1. The van der Waals surface area contributed by atoms with Crippen molar-refractivity contribution in [1.29, 1.82) is 0 Å². The lowest BCUT2D eigenvalue weighted by atomic mass is 9.77. The minimum Gasteiger partial charge on any atom is -0.482 e. The predicted molar refractivity (Wildman–Crippen MR) is 112 cm³/mol. The number of aryl methyl sites for hydroxylation is 1. The summed E-state index contributed by atoms with van der Waals surface area (Å²) in [6.07, 6.45) is 0.678. The van der Waals surface area contributed by atoms with Crippen molar-refractivity contribution in [2.75, 3.05) is 6.61 Å². The summed E-state index contributed by atoms with van der Waals surface area (Å²) in [5, 5.41) is 0. The Morgan fingerprint density at radius 3 is 2.07 bits per heavy atom. The average Bonchev–Trinajstić information content (AvgIpc) is 2.71. The maximum absolute atomic E-state index is 12.0. The van der Waals surface area contributed by atoms with Gasteiger partial charge in [-0.2, -0.15) is 0 Å². The molecule has 0 amide bonds. The van der Waals surface area contributed by atoms with Crippen molar-refractivity contribution >= 4 is 13.1 Å². The number of rotatable bonds is 5. The van der Waals surface area contributed by atoms with Crippen molar-refractivity contribution < 1.29 is 23.6 Å². The smallest absolute Gasteiger partial charge is 0.462 e. The van der Waals surface area contributed by atoms with Crippen molar-refractivity contribution in [1.82, 2.24) is 0 Å². The third kappa shape index (κ3) is 5.09. The van der Waals surface area contributed by atoms with E-state index in [0.717, 1.165) is 16.7 Å². The Balaban J connectivity index is 2.13. The molecule has 156 valence electrons. The summed E-state index contributed by atoms with van der Waals surface area (Å²) in [5.74, 6) is 0.335. The summed E-state index contributed by atoms with van der Waals surface area (Å²) in [6.45, 7) is 19.8. The minimum absolute atomic E-state index is 0.104. The molecule has 0 radical (unpaired) electrons. The summed E-state index contributed by atoms with van der Waals surface area (Å²) in [5.41, 5.74) is 3.23. The van der Waals surface area contributed by atoms with Crippen LogP contribution in [0.4, 0.5) is 0 Å². The highest BCUT2D eigenvalue weighted by Crippen LogP contribution is 2.38. The molecule has 1 aromatic rings. The van der Waals surface area contributed by atoms with Gasteiger partial charge >= 0.3 is 13.1 Å². The maximum atomic E-state index is 12.0. The Morgan fingerprint density at radius 2 is 1.57 bits per heavy atom. The quantitative estimate of drug-likeness (QED) is 0.547. The zero-order valence-corrected chi connectivity index (χ0v) is 19.1. The molecule has 1 aliphatic heterocycles. The van der Waals surface area contributed by atoms with E-state index in [9.17, 15) is 4.79 Å². The van der Waals surface area contributed by atoms with E-state index in [4.69, 9.17) is 18.8 Å². The van der Waals surface area contributed by atoms with Crippen LogP contribution in [0.5, 0.6) is 5.75 Å². The molecular formula is C22H35BO5. The standard InChI is InChI=1S/C22H35BO5/c1-14-11-18(25-13-19(24)26-20(4,5)6)16(3)15(2)17(14)12-23-27-21(7,8)22(9,10)28-23/h11H,12-13H2,1-10H3. The van der Waals surface area contributed by atoms with E-state index in [1.54, 1.807) is 0 Å². The number of carbonyl (C=O) groups is 1. The van der Waals surface area contributed by atoms with Crippen LogP contribution in [0.1, 0.15) is 70.7 Å². The number of carbonyl (C=O) groups excluding carboxylic acids is 1. The molecule has 0 saturated carbocycles. The van der Waals surface area contributed by atoms with E-state index in [-0.39, 0.29) is 30.9 Å². The highest BCUT2D eigenvalue weighted by atomic mass is 16.7. The summed E-state index contributed by atoms with van der Waals surface area (Å²) < 4.78 is 23.4.